The van der Waals surface area contributed by atoms with Gasteiger partial charge < -0.3 is 14.6 Å². The second kappa shape index (κ2) is 21.8. The Labute approximate surface area is 199 Å². The SMILES string of the molecule is CCCCCCC(CCCCCCCCCC(C(=O)[O-])C(CC)CCCCC)OC(C)=O. The Hall–Kier alpha value is -1.06. The van der Waals surface area contributed by atoms with Crippen LogP contribution in [0.25, 0.3) is 0 Å². The van der Waals surface area contributed by atoms with Gasteiger partial charge in [0.15, 0.2) is 0 Å². The van der Waals surface area contributed by atoms with E-state index in [1.807, 2.05) is 0 Å². The highest BCUT2D eigenvalue weighted by molar-refractivity contribution is 5.68. The molecule has 32 heavy (non-hydrogen) atoms. The molecular formula is C28H53O4-. The number of esters is 1. The Morgan fingerprint density at radius 3 is 1.56 bits per heavy atom. The second-order valence-corrected chi connectivity index (χ2v) is 9.72. The summed E-state index contributed by atoms with van der Waals surface area (Å²) in [5, 5.41) is 11.6. The van der Waals surface area contributed by atoms with Crippen molar-refractivity contribution in [3.8, 4) is 0 Å². The minimum Gasteiger partial charge on any atom is -0.550 e. The molecule has 0 fully saturated rings. The number of ether oxygens (including phenoxy) is 1. The first kappa shape index (κ1) is 30.9. The zero-order valence-corrected chi connectivity index (χ0v) is 21.8. The third-order valence-corrected chi connectivity index (χ3v) is 6.83. The Morgan fingerprint density at radius 1 is 0.656 bits per heavy atom. The molecule has 0 rings (SSSR count). The van der Waals surface area contributed by atoms with Crippen LogP contribution in [0.2, 0.25) is 0 Å². The number of hydrogen-bond donors (Lipinski definition) is 0. The Balaban J connectivity index is 3.94. The largest absolute Gasteiger partial charge is 0.550 e. The fourth-order valence-electron chi connectivity index (χ4n) is 4.81. The molecule has 0 aromatic carbocycles. The molecule has 3 unspecified atom stereocenters. The molecule has 190 valence electrons. The monoisotopic (exact) mass is 453 g/mol. The van der Waals surface area contributed by atoms with Crippen LogP contribution in [0.1, 0.15) is 150 Å². The molecule has 0 aliphatic carbocycles. The van der Waals surface area contributed by atoms with Crippen molar-refractivity contribution in [1.82, 2.24) is 0 Å². The van der Waals surface area contributed by atoms with Gasteiger partial charge in [0.1, 0.15) is 6.10 Å². The van der Waals surface area contributed by atoms with Gasteiger partial charge in [0.25, 0.3) is 0 Å². The van der Waals surface area contributed by atoms with Gasteiger partial charge in [0, 0.05) is 18.8 Å². The average Bonchev–Trinajstić information content (AvgIpc) is 2.75. The number of aliphatic carboxylic acids is 1. The zero-order valence-electron chi connectivity index (χ0n) is 21.8. The lowest BCUT2D eigenvalue weighted by Gasteiger charge is -2.27. The molecule has 0 heterocycles. The van der Waals surface area contributed by atoms with Crippen LogP contribution in [-0.2, 0) is 14.3 Å². The maximum Gasteiger partial charge on any atom is 0.302 e. The van der Waals surface area contributed by atoms with Crippen LogP contribution < -0.4 is 5.11 Å². The number of carboxylic acid groups (broad SMARTS) is 1. The third-order valence-electron chi connectivity index (χ3n) is 6.83. The van der Waals surface area contributed by atoms with Gasteiger partial charge >= 0.3 is 5.97 Å². The molecule has 0 aromatic rings. The van der Waals surface area contributed by atoms with Crippen molar-refractivity contribution in [3.05, 3.63) is 0 Å². The van der Waals surface area contributed by atoms with Crippen molar-refractivity contribution in [2.45, 2.75) is 156 Å². The molecule has 0 saturated carbocycles. The van der Waals surface area contributed by atoms with Crippen molar-refractivity contribution >= 4 is 11.9 Å². The first-order valence-electron chi connectivity index (χ1n) is 13.8. The number of rotatable bonds is 23. The minimum atomic E-state index is -0.842. The predicted octanol–water partition coefficient (Wildman–Crippen LogP) is 7.37. The molecule has 0 saturated heterocycles. The molecule has 0 bridgehead atoms. The molecule has 0 aliphatic rings. The van der Waals surface area contributed by atoms with Crippen LogP contribution in [0.5, 0.6) is 0 Å². The molecule has 0 radical (unpaired) electrons. The number of carbonyl (C=O) groups excluding carboxylic acids is 2. The lowest BCUT2D eigenvalue weighted by atomic mass is 9.82. The standard InChI is InChI=1S/C28H54O4/c1-5-8-10-17-21-26(32-24(4)29)22-18-14-12-11-13-15-19-23-27(28(30)31)25(7-3)20-16-9-6-2/h25-27H,5-23H2,1-4H3,(H,30,31)/p-1. The number of carboxylic acids is 1. The van der Waals surface area contributed by atoms with Crippen LogP contribution >= 0.6 is 0 Å². The first-order chi connectivity index (χ1) is 15.5. The van der Waals surface area contributed by atoms with E-state index in [0.717, 1.165) is 64.2 Å². The van der Waals surface area contributed by atoms with Crippen LogP contribution in [-0.4, -0.2) is 18.0 Å². The van der Waals surface area contributed by atoms with Crippen molar-refractivity contribution < 1.29 is 19.4 Å². The topological polar surface area (TPSA) is 66.4 Å². The fraction of sp³-hybridized carbons (Fsp3) is 0.929. The highest BCUT2D eigenvalue weighted by Crippen LogP contribution is 2.27. The summed E-state index contributed by atoms with van der Waals surface area (Å²) in [5.41, 5.74) is 0. The van der Waals surface area contributed by atoms with E-state index in [2.05, 4.69) is 20.8 Å². The molecule has 0 aromatic heterocycles. The number of unbranched alkanes of at least 4 members (excludes halogenated alkanes) is 11. The first-order valence-corrected chi connectivity index (χ1v) is 13.8. The summed E-state index contributed by atoms with van der Waals surface area (Å²) >= 11 is 0. The van der Waals surface area contributed by atoms with E-state index in [1.165, 1.54) is 64.7 Å². The Kier molecular flexibility index (Phi) is 21.0. The normalized spacial score (nSPS) is 14.1. The van der Waals surface area contributed by atoms with Gasteiger partial charge in [-0.25, -0.2) is 0 Å². The van der Waals surface area contributed by atoms with Crippen molar-refractivity contribution in [3.63, 3.8) is 0 Å². The fourth-order valence-corrected chi connectivity index (χ4v) is 4.81. The van der Waals surface area contributed by atoms with Crippen LogP contribution in [0.3, 0.4) is 0 Å². The number of hydrogen-bond acceptors (Lipinski definition) is 4. The van der Waals surface area contributed by atoms with E-state index in [4.69, 9.17) is 4.74 Å². The van der Waals surface area contributed by atoms with Crippen LogP contribution in [0, 0.1) is 11.8 Å². The number of carbonyl (C=O) groups is 2. The summed E-state index contributed by atoms with van der Waals surface area (Å²) in [6.07, 6.45) is 21.2. The Bertz CT molecular complexity index is 449. The Morgan fingerprint density at radius 2 is 1.09 bits per heavy atom. The highest BCUT2D eigenvalue weighted by Gasteiger charge is 2.20. The van der Waals surface area contributed by atoms with Crippen LogP contribution in [0.15, 0.2) is 0 Å². The zero-order chi connectivity index (χ0) is 24.0. The van der Waals surface area contributed by atoms with E-state index in [0.29, 0.717) is 0 Å². The predicted molar refractivity (Wildman–Crippen MR) is 132 cm³/mol. The summed E-state index contributed by atoms with van der Waals surface area (Å²) in [4.78, 5) is 23.0. The van der Waals surface area contributed by atoms with Gasteiger partial charge in [0.05, 0.1) is 0 Å². The molecule has 4 heteroatoms. The molecule has 0 spiro atoms. The van der Waals surface area contributed by atoms with E-state index < -0.39 is 5.97 Å². The summed E-state index contributed by atoms with van der Waals surface area (Å²) in [6, 6.07) is 0. The van der Waals surface area contributed by atoms with Gasteiger partial charge in [-0.15, -0.1) is 0 Å². The van der Waals surface area contributed by atoms with E-state index in [-0.39, 0.29) is 23.9 Å². The summed E-state index contributed by atoms with van der Waals surface area (Å²) < 4.78 is 5.50. The second-order valence-electron chi connectivity index (χ2n) is 9.72. The maximum absolute atomic E-state index is 11.6. The molecule has 4 nitrogen and oxygen atoms in total. The average molecular weight is 454 g/mol. The molecule has 0 N–H and O–H groups in total. The summed E-state index contributed by atoms with van der Waals surface area (Å²) in [6.45, 7) is 8.02. The highest BCUT2D eigenvalue weighted by atomic mass is 16.5. The molecular weight excluding hydrogens is 400 g/mol. The van der Waals surface area contributed by atoms with Gasteiger partial charge in [-0.2, -0.15) is 0 Å². The van der Waals surface area contributed by atoms with E-state index in [1.54, 1.807) is 0 Å². The molecule has 0 amide bonds. The maximum atomic E-state index is 11.6. The lowest BCUT2D eigenvalue weighted by Crippen LogP contribution is -2.36. The quantitative estimate of drug-likeness (QED) is 0.120. The van der Waals surface area contributed by atoms with Crippen LogP contribution in [0.4, 0.5) is 0 Å². The third kappa shape index (κ3) is 17.5. The van der Waals surface area contributed by atoms with Gasteiger partial charge in [0.2, 0.25) is 0 Å². The van der Waals surface area contributed by atoms with Crippen molar-refractivity contribution in [2.24, 2.45) is 11.8 Å². The van der Waals surface area contributed by atoms with Gasteiger partial charge in [-0.1, -0.05) is 104 Å². The lowest BCUT2D eigenvalue weighted by molar-refractivity contribution is -0.313. The van der Waals surface area contributed by atoms with Crippen molar-refractivity contribution in [2.75, 3.05) is 0 Å². The minimum absolute atomic E-state index is 0.0924. The smallest absolute Gasteiger partial charge is 0.302 e. The van der Waals surface area contributed by atoms with Gasteiger partial charge in [-0.05, 0) is 44.4 Å². The summed E-state index contributed by atoms with van der Waals surface area (Å²) in [5.74, 6) is -0.993. The summed E-state index contributed by atoms with van der Waals surface area (Å²) in [7, 11) is 0. The van der Waals surface area contributed by atoms with Gasteiger partial charge in [-0.3, -0.25) is 4.79 Å². The van der Waals surface area contributed by atoms with E-state index >= 15 is 0 Å². The van der Waals surface area contributed by atoms with Crippen molar-refractivity contribution in [1.29, 1.82) is 0 Å². The molecule has 3 atom stereocenters. The van der Waals surface area contributed by atoms with E-state index in [9.17, 15) is 14.7 Å². The molecule has 0 aliphatic heterocycles.